The van der Waals surface area contributed by atoms with Gasteiger partial charge in [-0.1, -0.05) is 36.9 Å². The summed E-state index contributed by atoms with van der Waals surface area (Å²) in [4.78, 5) is 12.3. The number of carbonyl (C=O) groups is 1. The largest absolute Gasteiger partial charge is 0.325 e. The maximum absolute atomic E-state index is 12.9. The van der Waals surface area contributed by atoms with Crippen LogP contribution in [-0.4, -0.2) is 47.7 Å². The van der Waals surface area contributed by atoms with Gasteiger partial charge in [0.05, 0.1) is 10.6 Å². The molecule has 2 aromatic rings. The molecule has 152 valence electrons. The molecule has 1 aliphatic rings. The number of carbonyl (C=O) groups excluding carboxylic acids is 1. The van der Waals surface area contributed by atoms with Crippen molar-refractivity contribution in [2.24, 2.45) is 11.8 Å². The number of thioether (sulfide) groups is 1. The van der Waals surface area contributed by atoms with Crippen LogP contribution in [0.25, 0.3) is 0 Å². The molecule has 3 rings (SSSR count). The van der Waals surface area contributed by atoms with Crippen LogP contribution in [0.1, 0.15) is 25.3 Å². The zero-order chi connectivity index (χ0) is 20.3. The van der Waals surface area contributed by atoms with E-state index in [1.165, 1.54) is 23.1 Å². The van der Waals surface area contributed by atoms with Crippen molar-refractivity contribution < 1.29 is 13.2 Å². The Morgan fingerprint density at radius 3 is 2.43 bits per heavy atom. The lowest BCUT2D eigenvalue weighted by Gasteiger charge is -2.34. The fourth-order valence-electron chi connectivity index (χ4n) is 3.32. The lowest BCUT2D eigenvalue weighted by atomic mass is 9.94. The van der Waals surface area contributed by atoms with Crippen LogP contribution in [0.5, 0.6) is 0 Å². The molecule has 0 spiro atoms. The molecule has 10 heteroatoms. The van der Waals surface area contributed by atoms with Gasteiger partial charge in [0.2, 0.25) is 15.9 Å². The minimum Gasteiger partial charge on any atom is -0.325 e. The normalized spacial score (nSPS) is 20.8. The summed E-state index contributed by atoms with van der Waals surface area (Å²) in [5.41, 5.74) is 0.568. The van der Waals surface area contributed by atoms with Crippen molar-refractivity contribution >= 4 is 44.7 Å². The van der Waals surface area contributed by atoms with Gasteiger partial charge in [-0.2, -0.15) is 4.31 Å². The highest BCUT2D eigenvalue weighted by Gasteiger charge is 2.31. The first-order valence-corrected chi connectivity index (χ1v) is 12.3. The van der Waals surface area contributed by atoms with Crippen LogP contribution in [0.3, 0.4) is 0 Å². The lowest BCUT2D eigenvalue weighted by Crippen LogP contribution is -2.42. The van der Waals surface area contributed by atoms with Crippen molar-refractivity contribution in [3.63, 3.8) is 0 Å². The Balaban J connectivity index is 1.60. The predicted octanol–water partition coefficient (Wildman–Crippen LogP) is 3.24. The van der Waals surface area contributed by atoms with Gasteiger partial charge in [-0.05, 0) is 49.4 Å². The second-order valence-corrected chi connectivity index (χ2v) is 11.6. The fraction of sp³-hybridized carbons (Fsp3) is 0.500. The monoisotopic (exact) mass is 440 g/mol. The number of aryl methyl sites for hydroxylation is 1. The average molecular weight is 441 g/mol. The summed E-state index contributed by atoms with van der Waals surface area (Å²) in [6.07, 6.45) is 1.05. The van der Waals surface area contributed by atoms with Gasteiger partial charge in [0, 0.05) is 18.8 Å². The Kier molecular flexibility index (Phi) is 6.74. The molecular weight excluding hydrogens is 416 g/mol. The number of nitrogens with one attached hydrogen (secondary N) is 1. The summed E-state index contributed by atoms with van der Waals surface area (Å²) in [5.74, 6) is 0.753. The van der Waals surface area contributed by atoms with Crippen molar-refractivity contribution in [1.29, 1.82) is 0 Å². The number of benzene rings is 1. The predicted molar refractivity (Wildman–Crippen MR) is 112 cm³/mol. The van der Waals surface area contributed by atoms with Crippen LogP contribution in [0.4, 0.5) is 5.69 Å². The number of anilines is 1. The molecule has 0 saturated carbocycles. The van der Waals surface area contributed by atoms with Crippen LogP contribution in [-0.2, 0) is 14.8 Å². The van der Waals surface area contributed by atoms with E-state index < -0.39 is 10.0 Å². The van der Waals surface area contributed by atoms with Crippen LogP contribution in [0.15, 0.2) is 33.5 Å². The van der Waals surface area contributed by atoms with Crippen LogP contribution in [0.2, 0.25) is 0 Å². The third kappa shape index (κ3) is 5.31. The molecule has 1 saturated heterocycles. The first-order valence-electron chi connectivity index (χ1n) is 9.07. The molecule has 1 aliphatic heterocycles. The quantitative estimate of drug-likeness (QED) is 0.693. The third-order valence-electron chi connectivity index (χ3n) is 4.45. The Labute approximate surface area is 174 Å². The Morgan fingerprint density at radius 1 is 1.21 bits per heavy atom. The van der Waals surface area contributed by atoms with Crippen molar-refractivity contribution in [3.8, 4) is 0 Å². The summed E-state index contributed by atoms with van der Waals surface area (Å²) in [7, 11) is -3.51. The molecular formula is C18H24N4O3S3. The van der Waals surface area contributed by atoms with E-state index in [9.17, 15) is 13.2 Å². The molecule has 2 atom stereocenters. The molecule has 7 nitrogen and oxygen atoms in total. The van der Waals surface area contributed by atoms with Gasteiger partial charge in [0.25, 0.3) is 0 Å². The van der Waals surface area contributed by atoms with E-state index in [2.05, 4.69) is 29.4 Å². The third-order valence-corrected chi connectivity index (χ3v) is 8.26. The summed E-state index contributed by atoms with van der Waals surface area (Å²) in [6, 6.07) is 6.36. The van der Waals surface area contributed by atoms with Crippen molar-refractivity contribution in [2.45, 2.75) is 36.4 Å². The molecule has 2 heterocycles. The number of nitrogens with zero attached hydrogens (tertiary/aromatic N) is 3. The highest BCUT2D eigenvalue weighted by molar-refractivity contribution is 8.01. The van der Waals surface area contributed by atoms with E-state index in [1.807, 2.05) is 6.92 Å². The van der Waals surface area contributed by atoms with E-state index >= 15 is 0 Å². The van der Waals surface area contributed by atoms with Crippen LogP contribution < -0.4 is 5.32 Å². The zero-order valence-electron chi connectivity index (χ0n) is 16.1. The number of piperidine rings is 1. The van der Waals surface area contributed by atoms with Crippen molar-refractivity contribution in [1.82, 2.24) is 14.5 Å². The van der Waals surface area contributed by atoms with Gasteiger partial charge in [-0.3, -0.25) is 4.79 Å². The fourth-order valence-corrected chi connectivity index (χ4v) is 6.62. The molecule has 1 N–H and O–H groups in total. The molecule has 28 heavy (non-hydrogen) atoms. The van der Waals surface area contributed by atoms with Gasteiger partial charge in [-0.25, -0.2) is 8.42 Å². The summed E-state index contributed by atoms with van der Waals surface area (Å²) in [5, 5.41) is 11.5. The molecule has 1 aromatic heterocycles. The second kappa shape index (κ2) is 8.89. The first-order chi connectivity index (χ1) is 13.2. The minimum absolute atomic E-state index is 0.174. The average Bonchev–Trinajstić information content (AvgIpc) is 3.05. The molecule has 0 bridgehead atoms. The SMILES string of the molecule is Cc1nnc(SCC(=O)Nc2ccc(S(=O)(=O)N3CC(C)CC(C)C3)cc2)s1. The lowest BCUT2D eigenvalue weighted by molar-refractivity contribution is -0.113. The number of sulfonamides is 1. The van der Waals surface area contributed by atoms with Crippen molar-refractivity contribution in [2.75, 3.05) is 24.2 Å². The van der Waals surface area contributed by atoms with E-state index in [0.29, 0.717) is 30.6 Å². The molecule has 2 unspecified atom stereocenters. The van der Waals surface area contributed by atoms with E-state index in [-0.39, 0.29) is 16.6 Å². The standard InChI is InChI=1S/C18H24N4O3S3/c1-12-8-13(2)10-22(9-12)28(24,25)16-6-4-15(5-7-16)19-17(23)11-26-18-21-20-14(3)27-18/h4-7,12-13H,8-11H2,1-3H3,(H,19,23). The van der Waals surface area contributed by atoms with Gasteiger partial charge < -0.3 is 5.32 Å². The Hall–Kier alpha value is -1.49. The van der Waals surface area contributed by atoms with Crippen LogP contribution >= 0.6 is 23.1 Å². The summed E-state index contributed by atoms with van der Waals surface area (Å²) < 4.78 is 28.1. The second-order valence-electron chi connectivity index (χ2n) is 7.22. The number of amides is 1. The maximum Gasteiger partial charge on any atom is 0.243 e. The highest BCUT2D eigenvalue weighted by Crippen LogP contribution is 2.27. The number of hydrogen-bond acceptors (Lipinski definition) is 7. The maximum atomic E-state index is 12.9. The number of aromatic nitrogens is 2. The van der Waals surface area contributed by atoms with E-state index in [4.69, 9.17) is 0 Å². The van der Waals surface area contributed by atoms with Gasteiger partial charge in [0.1, 0.15) is 5.01 Å². The molecule has 1 fully saturated rings. The molecule has 0 aliphatic carbocycles. The van der Waals surface area contributed by atoms with Crippen molar-refractivity contribution in [3.05, 3.63) is 29.3 Å². The van der Waals surface area contributed by atoms with Gasteiger partial charge in [-0.15, -0.1) is 10.2 Å². The minimum atomic E-state index is -3.51. The first kappa shape index (κ1) is 21.2. The smallest absolute Gasteiger partial charge is 0.243 e. The van der Waals surface area contributed by atoms with Gasteiger partial charge >= 0.3 is 0 Å². The summed E-state index contributed by atoms with van der Waals surface area (Å²) in [6.45, 7) is 7.12. The summed E-state index contributed by atoms with van der Waals surface area (Å²) >= 11 is 2.77. The molecule has 0 radical (unpaired) electrons. The zero-order valence-corrected chi connectivity index (χ0v) is 18.5. The number of hydrogen-bond donors (Lipinski definition) is 1. The molecule has 1 amide bonds. The topological polar surface area (TPSA) is 92.3 Å². The number of rotatable bonds is 6. The Bertz CT molecular complexity index is 918. The van der Waals surface area contributed by atoms with E-state index in [1.54, 1.807) is 28.6 Å². The van der Waals surface area contributed by atoms with Gasteiger partial charge in [0.15, 0.2) is 4.34 Å². The van der Waals surface area contributed by atoms with Crippen LogP contribution in [0, 0.1) is 18.8 Å². The Morgan fingerprint density at radius 2 is 1.86 bits per heavy atom. The molecule has 1 aromatic carbocycles. The highest BCUT2D eigenvalue weighted by atomic mass is 32.2. The van der Waals surface area contributed by atoms with E-state index in [0.717, 1.165) is 15.8 Å².